The van der Waals surface area contributed by atoms with E-state index in [9.17, 15) is 21.6 Å². The fraction of sp³-hybridized carbons (Fsp3) is 0.273. The minimum absolute atomic E-state index is 0.205. The Hall–Kier alpha value is -1.83. The van der Waals surface area contributed by atoms with Crippen molar-refractivity contribution >= 4 is 32.8 Å². The maximum absolute atomic E-state index is 12.8. The normalized spacial score (nSPS) is 12.8. The van der Waals surface area contributed by atoms with Gasteiger partial charge in [0.25, 0.3) is 0 Å². The average molecular weight is 353 g/mol. The quantitative estimate of drug-likeness (QED) is 0.830. The van der Waals surface area contributed by atoms with Gasteiger partial charge in [-0.1, -0.05) is 11.6 Å². The smallest absolute Gasteiger partial charge is 0.218 e. The van der Waals surface area contributed by atoms with Gasteiger partial charge < -0.3 is 0 Å². The molecule has 1 heterocycles. The number of imidazole rings is 1. The lowest BCUT2D eigenvalue weighted by atomic mass is 10.2. The molecule has 2 aromatic rings. The highest BCUT2D eigenvalue weighted by atomic mass is 35.5. The van der Waals surface area contributed by atoms with Crippen molar-refractivity contribution < 1.29 is 21.6 Å². The van der Waals surface area contributed by atoms with Crippen LogP contribution >= 0.6 is 11.6 Å². The molecule has 2 rings (SSSR count). The Balaban J connectivity index is 2.91. The molecule has 1 aromatic heterocycles. The van der Waals surface area contributed by atoms with E-state index in [0.29, 0.717) is 10.0 Å². The van der Waals surface area contributed by atoms with Crippen molar-refractivity contribution in [1.29, 1.82) is 5.26 Å². The second-order valence-electron chi connectivity index (χ2n) is 4.42. The fourth-order valence-corrected chi connectivity index (χ4v) is 3.05. The highest BCUT2D eigenvalue weighted by Gasteiger charge is 2.35. The van der Waals surface area contributed by atoms with E-state index in [4.69, 9.17) is 16.9 Å². The first-order valence-electron chi connectivity index (χ1n) is 5.62. The molecular formula is C11H8ClF3N4O2S. The van der Waals surface area contributed by atoms with E-state index < -0.39 is 32.8 Å². The van der Waals surface area contributed by atoms with Gasteiger partial charge in [-0.05, 0) is 12.1 Å². The first kappa shape index (κ1) is 16.5. The number of nitrogens with zero attached hydrogens (tertiary/aromatic N) is 4. The van der Waals surface area contributed by atoms with Crippen molar-refractivity contribution in [2.24, 2.45) is 0 Å². The summed E-state index contributed by atoms with van der Waals surface area (Å²) in [6.45, 7) is 0. The van der Waals surface area contributed by atoms with Gasteiger partial charge in [0.05, 0.1) is 21.6 Å². The summed E-state index contributed by atoms with van der Waals surface area (Å²) in [5.74, 6) is -0.556. The summed E-state index contributed by atoms with van der Waals surface area (Å²) in [7, 11) is -1.71. The van der Waals surface area contributed by atoms with E-state index >= 15 is 0 Å². The lowest BCUT2D eigenvalue weighted by Crippen LogP contribution is -2.29. The maximum atomic E-state index is 12.8. The molecule has 0 N–H and O–H groups in total. The van der Waals surface area contributed by atoms with Gasteiger partial charge in [-0.15, -0.1) is 0 Å². The molecule has 6 nitrogen and oxygen atoms in total. The van der Waals surface area contributed by atoms with Crippen LogP contribution in [-0.2, 0) is 16.4 Å². The second-order valence-corrected chi connectivity index (χ2v) is 6.82. The summed E-state index contributed by atoms with van der Waals surface area (Å²) in [5, 5.41) is 8.31. The number of hydrogen-bond donors (Lipinski definition) is 0. The molecule has 0 bridgehead atoms. The first-order chi connectivity index (χ1) is 10.00. The van der Waals surface area contributed by atoms with E-state index in [1.807, 2.05) is 0 Å². The lowest BCUT2D eigenvalue weighted by Gasteiger charge is -2.14. The summed E-state index contributed by atoms with van der Waals surface area (Å²) in [5.41, 5.74) is -1.65. The molecule has 0 spiro atoms. The average Bonchev–Trinajstić information content (AvgIpc) is 2.74. The van der Waals surface area contributed by atoms with Crippen molar-refractivity contribution in [3.05, 3.63) is 28.5 Å². The topological polar surface area (TPSA) is 79.0 Å². The van der Waals surface area contributed by atoms with Crippen LogP contribution in [0.5, 0.6) is 0 Å². The van der Waals surface area contributed by atoms with Crippen molar-refractivity contribution in [1.82, 2.24) is 13.3 Å². The van der Waals surface area contributed by atoms with Crippen LogP contribution in [0, 0.1) is 11.3 Å². The van der Waals surface area contributed by atoms with Crippen molar-refractivity contribution in [3.63, 3.8) is 0 Å². The summed E-state index contributed by atoms with van der Waals surface area (Å²) in [6.07, 6.45) is -4.72. The number of alkyl halides is 3. The number of rotatable bonds is 2. The number of fused-ring (bicyclic) bond motifs is 1. The molecule has 0 aliphatic rings. The first-order valence-corrected chi connectivity index (χ1v) is 7.40. The molecule has 0 saturated carbocycles. The molecule has 1 aromatic carbocycles. The molecule has 0 amide bonds. The highest BCUT2D eigenvalue weighted by molar-refractivity contribution is 7.87. The maximum Gasteiger partial charge on any atom is 0.417 e. The molecule has 22 heavy (non-hydrogen) atoms. The van der Waals surface area contributed by atoms with Crippen LogP contribution in [0.1, 0.15) is 11.4 Å². The van der Waals surface area contributed by atoms with Crippen LogP contribution in [-0.4, -0.2) is 35.8 Å². The Bertz CT molecular complexity index is 897. The van der Waals surface area contributed by atoms with E-state index in [1.165, 1.54) is 14.1 Å². The molecule has 0 aliphatic heterocycles. The van der Waals surface area contributed by atoms with Crippen molar-refractivity contribution in [3.8, 4) is 6.07 Å². The zero-order valence-corrected chi connectivity index (χ0v) is 12.8. The van der Waals surface area contributed by atoms with Crippen molar-refractivity contribution in [2.45, 2.75) is 6.18 Å². The summed E-state index contributed by atoms with van der Waals surface area (Å²) in [6, 6.07) is 2.98. The van der Waals surface area contributed by atoms with E-state index in [0.717, 1.165) is 10.4 Å². The molecule has 118 valence electrons. The Morgan fingerprint density at radius 3 is 2.41 bits per heavy atom. The highest BCUT2D eigenvalue weighted by Crippen LogP contribution is 2.37. The molecule has 0 atom stereocenters. The fourth-order valence-electron chi connectivity index (χ4n) is 1.76. The van der Waals surface area contributed by atoms with Gasteiger partial charge in [-0.25, -0.2) is 4.98 Å². The van der Waals surface area contributed by atoms with Gasteiger partial charge >= 0.3 is 16.4 Å². The third kappa shape index (κ3) is 2.51. The van der Waals surface area contributed by atoms with E-state index in [1.54, 1.807) is 6.07 Å². The number of aromatic nitrogens is 2. The zero-order valence-electron chi connectivity index (χ0n) is 11.2. The summed E-state index contributed by atoms with van der Waals surface area (Å²) >= 11 is 5.59. The van der Waals surface area contributed by atoms with E-state index in [2.05, 4.69) is 4.98 Å². The molecule has 0 aliphatic carbocycles. The molecule has 0 saturated heterocycles. The second kappa shape index (κ2) is 5.12. The van der Waals surface area contributed by atoms with Gasteiger partial charge in [-0.2, -0.15) is 35.1 Å². The van der Waals surface area contributed by atoms with Gasteiger partial charge in [0, 0.05) is 14.1 Å². The zero-order chi connectivity index (χ0) is 16.9. The molecule has 0 radical (unpaired) electrons. The van der Waals surface area contributed by atoms with Gasteiger partial charge in [0.1, 0.15) is 6.07 Å². The van der Waals surface area contributed by atoms with Crippen LogP contribution in [0.15, 0.2) is 12.1 Å². The Labute approximate surface area is 128 Å². The summed E-state index contributed by atoms with van der Waals surface area (Å²) in [4.78, 5) is 3.63. The predicted molar refractivity (Wildman–Crippen MR) is 72.5 cm³/mol. The third-order valence-corrected chi connectivity index (χ3v) is 4.87. The SMILES string of the molecule is CN(C)S(=O)(=O)n1c(C#N)nc2cc(C(F)(F)F)c(Cl)cc21. The van der Waals surface area contributed by atoms with Gasteiger partial charge in [0.2, 0.25) is 5.82 Å². The van der Waals surface area contributed by atoms with Crippen LogP contribution in [0.3, 0.4) is 0 Å². The number of halogens is 4. The molecule has 0 unspecified atom stereocenters. The van der Waals surface area contributed by atoms with Crippen LogP contribution in [0.4, 0.5) is 13.2 Å². The minimum Gasteiger partial charge on any atom is -0.218 e. The largest absolute Gasteiger partial charge is 0.417 e. The van der Waals surface area contributed by atoms with Gasteiger partial charge in [-0.3, -0.25) is 0 Å². The minimum atomic E-state index is -4.72. The third-order valence-electron chi connectivity index (χ3n) is 2.80. The number of nitriles is 1. The number of benzene rings is 1. The predicted octanol–water partition coefficient (Wildman–Crippen LogP) is 2.23. The lowest BCUT2D eigenvalue weighted by molar-refractivity contribution is -0.137. The summed E-state index contributed by atoms with van der Waals surface area (Å²) < 4.78 is 64.2. The van der Waals surface area contributed by atoms with Crippen molar-refractivity contribution in [2.75, 3.05) is 14.1 Å². The van der Waals surface area contributed by atoms with Crippen LogP contribution < -0.4 is 0 Å². The van der Waals surface area contributed by atoms with Gasteiger partial charge in [0.15, 0.2) is 0 Å². The molecular weight excluding hydrogens is 345 g/mol. The van der Waals surface area contributed by atoms with Crippen LogP contribution in [0.2, 0.25) is 5.02 Å². The standard InChI is InChI=1S/C11H8ClF3N4O2S/c1-18(2)22(20,21)19-9-4-7(12)6(11(13,14)15)3-8(9)17-10(19)5-16/h3-4H,1-2H3. The Morgan fingerprint density at radius 1 is 1.36 bits per heavy atom. The van der Waals surface area contributed by atoms with Crippen LogP contribution in [0.25, 0.3) is 11.0 Å². The molecule has 0 fully saturated rings. The number of hydrogen-bond acceptors (Lipinski definition) is 4. The Kier molecular flexibility index (Phi) is 3.85. The van der Waals surface area contributed by atoms with E-state index in [-0.39, 0.29) is 11.0 Å². The Morgan fingerprint density at radius 2 is 1.95 bits per heavy atom. The molecule has 11 heteroatoms. The monoisotopic (exact) mass is 352 g/mol.